The summed E-state index contributed by atoms with van der Waals surface area (Å²) in [6.07, 6.45) is -4.17. The molecule has 0 saturated heterocycles. The molecule has 0 unspecified atom stereocenters. The number of aryl methyl sites for hydroxylation is 1. The second-order valence-corrected chi connectivity index (χ2v) is 5.36. The number of rotatable bonds is 1. The highest BCUT2D eigenvalue weighted by molar-refractivity contribution is 6.05. The van der Waals surface area contributed by atoms with Crippen LogP contribution < -0.4 is 0 Å². The van der Waals surface area contributed by atoms with E-state index >= 15 is 4.39 Å². The number of carbonyl (C=O) groups is 1. The Morgan fingerprint density at radius 2 is 1.59 bits per heavy atom. The topological polar surface area (TPSA) is 17.1 Å². The van der Waals surface area contributed by atoms with E-state index in [0.717, 1.165) is 29.8 Å². The predicted octanol–water partition coefficient (Wildman–Crippen LogP) is 4.70. The molecule has 2 aromatic carbocycles. The number of halogens is 4. The Balaban J connectivity index is 2.00. The number of ketones is 1. The molecule has 0 fully saturated rings. The minimum atomic E-state index is -4.48. The Bertz CT molecular complexity index is 718. The van der Waals surface area contributed by atoms with E-state index in [2.05, 4.69) is 0 Å². The molecule has 1 nitrogen and oxygen atoms in total. The molecule has 22 heavy (non-hydrogen) atoms. The highest BCUT2D eigenvalue weighted by atomic mass is 19.4. The second kappa shape index (κ2) is 4.93. The predicted molar refractivity (Wildman–Crippen MR) is 73.3 cm³/mol. The van der Waals surface area contributed by atoms with E-state index in [1.807, 2.05) is 0 Å². The van der Waals surface area contributed by atoms with Crippen molar-refractivity contribution in [1.82, 2.24) is 0 Å². The number of fused-ring (bicyclic) bond motifs is 1. The minimum absolute atomic E-state index is 0.0278. The zero-order valence-corrected chi connectivity index (χ0v) is 11.5. The van der Waals surface area contributed by atoms with Crippen molar-refractivity contribution in [3.05, 3.63) is 70.8 Å². The molecule has 114 valence electrons. The van der Waals surface area contributed by atoms with Crippen LogP contribution in [0.1, 0.15) is 33.5 Å². The number of hydrogen-bond acceptors (Lipinski definition) is 1. The standard InChI is InChI=1S/C17H12F4O/c18-16(12-5-7-13(8-6-12)17(19,20)21)10-9-11-3-1-2-4-14(11)15(16)22/h1-8H,9-10H2/t16-/m1/s1. The first-order valence-electron chi connectivity index (χ1n) is 6.82. The first-order chi connectivity index (χ1) is 10.3. The van der Waals surface area contributed by atoms with Crippen LogP contribution in [0.15, 0.2) is 48.5 Å². The van der Waals surface area contributed by atoms with Gasteiger partial charge in [0.2, 0.25) is 5.78 Å². The maximum Gasteiger partial charge on any atom is 0.416 e. The third-order valence-electron chi connectivity index (χ3n) is 4.03. The summed E-state index contributed by atoms with van der Waals surface area (Å²) in [7, 11) is 0. The summed E-state index contributed by atoms with van der Waals surface area (Å²) in [5.74, 6) is -0.686. The Hall–Kier alpha value is -2.17. The molecular weight excluding hydrogens is 296 g/mol. The van der Waals surface area contributed by atoms with E-state index in [0.29, 0.717) is 12.0 Å². The van der Waals surface area contributed by atoms with Crippen molar-refractivity contribution in [3.63, 3.8) is 0 Å². The summed E-state index contributed by atoms with van der Waals surface area (Å²) < 4.78 is 52.9. The number of alkyl halides is 4. The summed E-state index contributed by atoms with van der Waals surface area (Å²) in [6, 6.07) is 10.5. The molecule has 1 aliphatic rings. The van der Waals surface area contributed by atoms with E-state index in [1.54, 1.807) is 24.3 Å². The van der Waals surface area contributed by atoms with Crippen LogP contribution in [0.2, 0.25) is 0 Å². The molecule has 5 heteroatoms. The molecule has 0 amide bonds. The molecule has 0 N–H and O–H groups in total. The molecule has 0 aliphatic heterocycles. The van der Waals surface area contributed by atoms with Gasteiger partial charge in [-0.3, -0.25) is 4.79 Å². The molecule has 0 spiro atoms. The van der Waals surface area contributed by atoms with Crippen LogP contribution in [0, 0.1) is 0 Å². The van der Waals surface area contributed by atoms with E-state index < -0.39 is 23.2 Å². The van der Waals surface area contributed by atoms with Gasteiger partial charge in [-0.25, -0.2) is 4.39 Å². The van der Waals surface area contributed by atoms with Crippen molar-refractivity contribution >= 4 is 5.78 Å². The molecule has 0 bridgehead atoms. The molecule has 0 radical (unpaired) electrons. The van der Waals surface area contributed by atoms with Crippen LogP contribution in [0.25, 0.3) is 0 Å². The Morgan fingerprint density at radius 3 is 2.23 bits per heavy atom. The number of carbonyl (C=O) groups excluding carboxylic acids is 1. The average Bonchev–Trinajstić information content (AvgIpc) is 2.51. The largest absolute Gasteiger partial charge is 0.416 e. The molecule has 1 aliphatic carbocycles. The molecule has 1 atom stereocenters. The fourth-order valence-corrected chi connectivity index (χ4v) is 2.79. The normalized spacial score (nSPS) is 21.5. The lowest BCUT2D eigenvalue weighted by atomic mass is 9.76. The summed E-state index contributed by atoms with van der Waals surface area (Å²) in [4.78, 5) is 12.4. The van der Waals surface area contributed by atoms with Gasteiger partial charge in [0.25, 0.3) is 0 Å². The molecule has 0 heterocycles. The molecular formula is C17H12F4O. The Labute approximate surface area is 124 Å². The lowest BCUT2D eigenvalue weighted by Gasteiger charge is -2.30. The van der Waals surface area contributed by atoms with Gasteiger partial charge in [0.1, 0.15) is 0 Å². The van der Waals surface area contributed by atoms with Crippen molar-refractivity contribution in [3.8, 4) is 0 Å². The zero-order chi connectivity index (χ0) is 16.0. The average molecular weight is 308 g/mol. The van der Waals surface area contributed by atoms with Gasteiger partial charge in [0.15, 0.2) is 5.67 Å². The van der Waals surface area contributed by atoms with Gasteiger partial charge in [-0.15, -0.1) is 0 Å². The highest BCUT2D eigenvalue weighted by Crippen LogP contribution is 2.40. The van der Waals surface area contributed by atoms with Gasteiger partial charge in [-0.1, -0.05) is 36.4 Å². The summed E-state index contributed by atoms with van der Waals surface area (Å²) in [5, 5.41) is 0. The van der Waals surface area contributed by atoms with Crippen molar-refractivity contribution < 1.29 is 22.4 Å². The molecule has 0 saturated carbocycles. The van der Waals surface area contributed by atoms with Crippen LogP contribution >= 0.6 is 0 Å². The van der Waals surface area contributed by atoms with E-state index in [-0.39, 0.29) is 12.0 Å². The monoisotopic (exact) mass is 308 g/mol. The lowest BCUT2D eigenvalue weighted by Crippen LogP contribution is -2.36. The fraction of sp³-hybridized carbons (Fsp3) is 0.235. The number of Topliss-reactive ketones (excluding diaryl/α,β-unsaturated/α-hetero) is 1. The second-order valence-electron chi connectivity index (χ2n) is 5.36. The van der Waals surface area contributed by atoms with Crippen LogP contribution in [0.5, 0.6) is 0 Å². The van der Waals surface area contributed by atoms with Gasteiger partial charge in [-0.05, 0) is 36.1 Å². The van der Waals surface area contributed by atoms with Crippen LogP contribution in [0.4, 0.5) is 17.6 Å². The van der Waals surface area contributed by atoms with Gasteiger partial charge in [0, 0.05) is 5.56 Å². The Morgan fingerprint density at radius 1 is 0.955 bits per heavy atom. The first-order valence-corrected chi connectivity index (χ1v) is 6.82. The molecule has 3 rings (SSSR count). The van der Waals surface area contributed by atoms with Crippen molar-refractivity contribution in [2.24, 2.45) is 0 Å². The van der Waals surface area contributed by atoms with Crippen LogP contribution in [-0.2, 0) is 18.3 Å². The van der Waals surface area contributed by atoms with Gasteiger partial charge < -0.3 is 0 Å². The highest BCUT2D eigenvalue weighted by Gasteiger charge is 2.44. The summed E-state index contributed by atoms with van der Waals surface area (Å²) in [6.45, 7) is 0. The van der Waals surface area contributed by atoms with E-state index in [4.69, 9.17) is 0 Å². The van der Waals surface area contributed by atoms with Gasteiger partial charge >= 0.3 is 6.18 Å². The number of benzene rings is 2. The zero-order valence-electron chi connectivity index (χ0n) is 11.5. The smallest absolute Gasteiger partial charge is 0.290 e. The first kappa shape index (κ1) is 14.8. The van der Waals surface area contributed by atoms with Crippen LogP contribution in [-0.4, -0.2) is 5.78 Å². The SMILES string of the molecule is O=C1c2ccccc2CC[C@@]1(F)c1ccc(C(F)(F)F)cc1. The van der Waals surface area contributed by atoms with Crippen molar-refractivity contribution in [1.29, 1.82) is 0 Å². The van der Waals surface area contributed by atoms with Gasteiger partial charge in [-0.2, -0.15) is 13.2 Å². The van der Waals surface area contributed by atoms with E-state index in [1.165, 1.54) is 0 Å². The summed E-state index contributed by atoms with van der Waals surface area (Å²) in [5.41, 5.74) is -2.08. The van der Waals surface area contributed by atoms with Crippen molar-refractivity contribution in [2.45, 2.75) is 24.7 Å². The maximum atomic E-state index is 15.2. The third-order valence-corrected chi connectivity index (χ3v) is 4.03. The van der Waals surface area contributed by atoms with Crippen molar-refractivity contribution in [2.75, 3.05) is 0 Å². The molecule has 2 aromatic rings. The maximum absolute atomic E-state index is 15.2. The minimum Gasteiger partial charge on any atom is -0.290 e. The quantitative estimate of drug-likeness (QED) is 0.698. The third kappa shape index (κ3) is 2.30. The summed E-state index contributed by atoms with van der Waals surface area (Å²) >= 11 is 0. The fourth-order valence-electron chi connectivity index (χ4n) is 2.79. The van der Waals surface area contributed by atoms with Crippen LogP contribution in [0.3, 0.4) is 0 Å². The lowest BCUT2D eigenvalue weighted by molar-refractivity contribution is -0.137. The van der Waals surface area contributed by atoms with Gasteiger partial charge in [0.05, 0.1) is 5.56 Å². The Kier molecular flexibility index (Phi) is 3.31. The molecule has 0 aromatic heterocycles. The number of hydrogen-bond donors (Lipinski definition) is 0. The van der Waals surface area contributed by atoms with E-state index in [9.17, 15) is 18.0 Å².